The van der Waals surface area contributed by atoms with Crippen LogP contribution in [-0.4, -0.2) is 16.8 Å². The fourth-order valence-corrected chi connectivity index (χ4v) is 3.11. The zero-order valence-corrected chi connectivity index (χ0v) is 11.2. The van der Waals surface area contributed by atoms with Crippen LogP contribution >= 0.6 is 0 Å². The molecule has 4 nitrogen and oxygen atoms in total. The van der Waals surface area contributed by atoms with E-state index in [1.807, 2.05) is 6.07 Å². The summed E-state index contributed by atoms with van der Waals surface area (Å²) in [5, 5.41) is 3.47. The number of rotatable bonds is 2. The maximum Gasteiger partial charge on any atom is 0.164 e. The standard InChI is InChI=1S/C15H21N3O/c16-12-9-11-13(7-4-8-14(11)19)18-15(12)17-10-5-2-1-3-6-10/h9-10H,1-8,16H2,(H,17,18). The van der Waals surface area contributed by atoms with Gasteiger partial charge in [0.1, 0.15) is 5.82 Å². The van der Waals surface area contributed by atoms with Gasteiger partial charge in [-0.05, 0) is 31.7 Å². The van der Waals surface area contributed by atoms with Gasteiger partial charge in [0.2, 0.25) is 0 Å². The summed E-state index contributed by atoms with van der Waals surface area (Å²) in [6, 6.07) is 2.30. The lowest BCUT2D eigenvalue weighted by molar-refractivity contribution is 0.0971. The smallest absolute Gasteiger partial charge is 0.164 e. The molecular formula is C15H21N3O. The summed E-state index contributed by atoms with van der Waals surface area (Å²) in [7, 11) is 0. The Balaban J connectivity index is 1.83. The first-order valence-electron chi connectivity index (χ1n) is 7.33. The highest BCUT2D eigenvalue weighted by Gasteiger charge is 2.21. The summed E-state index contributed by atoms with van der Waals surface area (Å²) >= 11 is 0. The number of nitrogens with one attached hydrogen (secondary N) is 1. The van der Waals surface area contributed by atoms with Crippen molar-refractivity contribution in [2.24, 2.45) is 0 Å². The zero-order valence-electron chi connectivity index (χ0n) is 11.2. The number of pyridine rings is 1. The highest BCUT2D eigenvalue weighted by Crippen LogP contribution is 2.28. The van der Waals surface area contributed by atoms with Crippen molar-refractivity contribution in [3.8, 4) is 0 Å². The number of carbonyl (C=O) groups is 1. The Morgan fingerprint density at radius 2 is 1.95 bits per heavy atom. The number of aryl methyl sites for hydroxylation is 1. The SMILES string of the molecule is Nc1cc2c(nc1NC1CCCCC1)CCCC2=O. The quantitative estimate of drug-likeness (QED) is 0.857. The molecule has 102 valence electrons. The molecule has 0 bridgehead atoms. The highest BCUT2D eigenvalue weighted by atomic mass is 16.1. The van der Waals surface area contributed by atoms with Crippen LogP contribution in [0.5, 0.6) is 0 Å². The lowest BCUT2D eigenvalue weighted by Crippen LogP contribution is -2.24. The Kier molecular flexibility index (Phi) is 3.40. The molecule has 2 aliphatic rings. The van der Waals surface area contributed by atoms with Crippen LogP contribution in [-0.2, 0) is 6.42 Å². The molecule has 1 fully saturated rings. The fourth-order valence-electron chi connectivity index (χ4n) is 3.11. The van der Waals surface area contributed by atoms with Gasteiger partial charge < -0.3 is 11.1 Å². The number of hydrogen-bond donors (Lipinski definition) is 2. The number of Topliss-reactive ketones (excluding diaryl/α,β-unsaturated/α-hetero) is 1. The van der Waals surface area contributed by atoms with Crippen LogP contribution in [0, 0.1) is 0 Å². The maximum absolute atomic E-state index is 11.8. The minimum atomic E-state index is 0.185. The summed E-state index contributed by atoms with van der Waals surface area (Å²) in [6.07, 6.45) is 8.70. The van der Waals surface area contributed by atoms with E-state index in [4.69, 9.17) is 5.73 Å². The molecule has 0 spiro atoms. The minimum absolute atomic E-state index is 0.185. The Bertz CT molecular complexity index is 492. The summed E-state index contributed by atoms with van der Waals surface area (Å²) in [4.78, 5) is 16.4. The van der Waals surface area contributed by atoms with E-state index in [9.17, 15) is 4.79 Å². The summed E-state index contributed by atoms with van der Waals surface area (Å²) in [5.41, 5.74) is 8.31. The van der Waals surface area contributed by atoms with Crippen LogP contribution < -0.4 is 11.1 Å². The van der Waals surface area contributed by atoms with E-state index in [2.05, 4.69) is 10.3 Å². The van der Waals surface area contributed by atoms with Crippen LogP contribution in [0.1, 0.15) is 61.0 Å². The molecule has 1 aromatic heterocycles. The normalized spacial score (nSPS) is 20.1. The second-order valence-corrected chi connectivity index (χ2v) is 5.68. The number of hydrogen-bond acceptors (Lipinski definition) is 4. The molecule has 0 atom stereocenters. The van der Waals surface area contributed by atoms with Gasteiger partial charge in [0, 0.05) is 18.0 Å². The van der Waals surface area contributed by atoms with Crippen LogP contribution in [0.3, 0.4) is 0 Å². The first-order valence-corrected chi connectivity index (χ1v) is 7.33. The van der Waals surface area contributed by atoms with Crippen molar-refractivity contribution in [1.29, 1.82) is 0 Å². The van der Waals surface area contributed by atoms with E-state index in [1.54, 1.807) is 0 Å². The summed E-state index contributed by atoms with van der Waals surface area (Å²) in [5.74, 6) is 0.963. The van der Waals surface area contributed by atoms with Crippen molar-refractivity contribution >= 4 is 17.3 Å². The van der Waals surface area contributed by atoms with Gasteiger partial charge in [0.15, 0.2) is 5.78 Å². The monoisotopic (exact) mass is 259 g/mol. The van der Waals surface area contributed by atoms with Gasteiger partial charge >= 0.3 is 0 Å². The number of nitrogens with two attached hydrogens (primary N) is 1. The number of carbonyl (C=O) groups excluding carboxylic acids is 1. The van der Waals surface area contributed by atoms with Gasteiger partial charge in [-0.25, -0.2) is 4.98 Å². The van der Waals surface area contributed by atoms with Crippen molar-refractivity contribution < 1.29 is 4.79 Å². The van der Waals surface area contributed by atoms with Crippen molar-refractivity contribution in [3.05, 3.63) is 17.3 Å². The average molecular weight is 259 g/mol. The van der Waals surface area contributed by atoms with Crippen LogP contribution in [0.25, 0.3) is 0 Å². The summed E-state index contributed by atoms with van der Waals surface area (Å²) in [6.45, 7) is 0. The molecule has 3 N–H and O–H groups in total. The molecule has 1 heterocycles. The third-order valence-corrected chi connectivity index (χ3v) is 4.19. The molecule has 19 heavy (non-hydrogen) atoms. The third-order valence-electron chi connectivity index (χ3n) is 4.19. The highest BCUT2D eigenvalue weighted by molar-refractivity contribution is 5.99. The van der Waals surface area contributed by atoms with Gasteiger partial charge in [0.05, 0.1) is 11.4 Å². The topological polar surface area (TPSA) is 68.0 Å². The molecule has 0 amide bonds. The van der Waals surface area contributed by atoms with E-state index < -0.39 is 0 Å². The van der Waals surface area contributed by atoms with E-state index in [-0.39, 0.29) is 5.78 Å². The van der Waals surface area contributed by atoms with Crippen molar-refractivity contribution in [1.82, 2.24) is 4.98 Å². The first kappa shape index (κ1) is 12.5. The molecule has 1 aromatic rings. The number of aromatic nitrogens is 1. The van der Waals surface area contributed by atoms with Gasteiger partial charge in [-0.1, -0.05) is 19.3 Å². The number of nitrogen functional groups attached to an aromatic ring is 1. The lowest BCUT2D eigenvalue weighted by atomic mass is 9.93. The van der Waals surface area contributed by atoms with Gasteiger partial charge in [-0.2, -0.15) is 0 Å². The van der Waals surface area contributed by atoms with E-state index in [0.29, 0.717) is 18.2 Å². The van der Waals surface area contributed by atoms with Crippen LogP contribution in [0.4, 0.5) is 11.5 Å². The Labute approximate surface area is 113 Å². The minimum Gasteiger partial charge on any atom is -0.396 e. The van der Waals surface area contributed by atoms with Crippen LogP contribution in [0.2, 0.25) is 0 Å². The summed E-state index contributed by atoms with van der Waals surface area (Å²) < 4.78 is 0. The molecule has 2 aliphatic carbocycles. The number of ketones is 1. The molecule has 0 aromatic carbocycles. The van der Waals surface area contributed by atoms with Crippen molar-refractivity contribution in [2.45, 2.75) is 57.4 Å². The Morgan fingerprint density at radius 1 is 1.16 bits per heavy atom. The molecule has 0 saturated heterocycles. The zero-order chi connectivity index (χ0) is 13.2. The molecule has 4 heteroatoms. The van der Waals surface area contributed by atoms with E-state index in [0.717, 1.165) is 29.9 Å². The Hall–Kier alpha value is -1.58. The number of anilines is 2. The molecule has 0 radical (unpaired) electrons. The second kappa shape index (κ2) is 5.19. The van der Waals surface area contributed by atoms with Gasteiger partial charge in [-0.3, -0.25) is 4.79 Å². The number of fused-ring (bicyclic) bond motifs is 1. The predicted molar refractivity (Wildman–Crippen MR) is 76.4 cm³/mol. The Morgan fingerprint density at radius 3 is 2.74 bits per heavy atom. The van der Waals surface area contributed by atoms with Crippen molar-refractivity contribution in [2.75, 3.05) is 11.1 Å². The van der Waals surface area contributed by atoms with Crippen molar-refractivity contribution in [3.63, 3.8) is 0 Å². The molecule has 1 saturated carbocycles. The molecule has 3 rings (SSSR count). The van der Waals surface area contributed by atoms with E-state index in [1.165, 1.54) is 32.1 Å². The van der Waals surface area contributed by atoms with Gasteiger partial charge in [-0.15, -0.1) is 0 Å². The average Bonchev–Trinajstić information content (AvgIpc) is 2.42. The molecular weight excluding hydrogens is 238 g/mol. The second-order valence-electron chi connectivity index (χ2n) is 5.68. The lowest BCUT2D eigenvalue weighted by Gasteiger charge is -2.25. The number of nitrogens with zero attached hydrogens (tertiary/aromatic N) is 1. The third kappa shape index (κ3) is 2.57. The van der Waals surface area contributed by atoms with E-state index >= 15 is 0 Å². The maximum atomic E-state index is 11.8. The predicted octanol–water partition coefficient (Wildman–Crippen LogP) is 2.93. The molecule has 0 unspecified atom stereocenters. The largest absolute Gasteiger partial charge is 0.396 e. The van der Waals surface area contributed by atoms with Crippen LogP contribution in [0.15, 0.2) is 6.07 Å². The molecule has 0 aliphatic heterocycles. The fraction of sp³-hybridized carbons (Fsp3) is 0.600. The van der Waals surface area contributed by atoms with Gasteiger partial charge in [0.25, 0.3) is 0 Å². The first-order chi connectivity index (χ1) is 9.24.